The minimum Gasteiger partial charge on any atom is -0.352 e. The summed E-state index contributed by atoms with van der Waals surface area (Å²) in [5.41, 5.74) is 1.90. The van der Waals surface area contributed by atoms with Gasteiger partial charge in [-0.25, -0.2) is 4.68 Å². The summed E-state index contributed by atoms with van der Waals surface area (Å²) in [7, 11) is 1.72. The van der Waals surface area contributed by atoms with E-state index in [9.17, 15) is 9.59 Å². The van der Waals surface area contributed by atoms with Gasteiger partial charge in [0.2, 0.25) is 11.8 Å². The Kier molecular flexibility index (Phi) is 3.91. The monoisotopic (exact) mass is 298 g/mol. The molecule has 2 amide bonds. The zero-order valence-corrected chi connectivity index (χ0v) is 12.4. The molecule has 1 aromatic carbocycles. The number of nitrogens with zero attached hydrogens (tertiary/aromatic N) is 3. The first-order valence-electron chi connectivity index (χ1n) is 7.24. The fourth-order valence-corrected chi connectivity index (χ4v) is 2.55. The minimum atomic E-state index is -0.248. The molecule has 1 saturated heterocycles. The van der Waals surface area contributed by atoms with Gasteiger partial charge < -0.3 is 10.2 Å². The van der Waals surface area contributed by atoms with Gasteiger partial charge >= 0.3 is 0 Å². The van der Waals surface area contributed by atoms with Gasteiger partial charge in [-0.3, -0.25) is 9.59 Å². The standard InChI is InChI=1S/C16H18N4O2/c1-19-11-13(7-15(19)21)16(22)17-8-12-9-18-20(10-12)14-5-3-2-4-6-14/h2-6,9-10,13H,7-8,11H2,1H3,(H,17,22)/t13-/m0/s1. The lowest BCUT2D eigenvalue weighted by Gasteiger charge is -2.10. The largest absolute Gasteiger partial charge is 0.352 e. The molecule has 3 rings (SSSR count). The van der Waals surface area contributed by atoms with Gasteiger partial charge in [-0.1, -0.05) is 18.2 Å². The van der Waals surface area contributed by atoms with Crippen LogP contribution in [0.3, 0.4) is 0 Å². The summed E-state index contributed by atoms with van der Waals surface area (Å²) in [6, 6.07) is 9.79. The van der Waals surface area contributed by atoms with Crippen LogP contribution >= 0.6 is 0 Å². The van der Waals surface area contributed by atoms with Crippen molar-refractivity contribution in [3.63, 3.8) is 0 Å². The van der Waals surface area contributed by atoms with Crippen LogP contribution in [0.1, 0.15) is 12.0 Å². The zero-order valence-electron chi connectivity index (χ0n) is 12.4. The van der Waals surface area contributed by atoms with Crippen LogP contribution in [0.2, 0.25) is 0 Å². The Balaban J connectivity index is 1.57. The third-order valence-electron chi connectivity index (χ3n) is 3.84. The predicted molar refractivity (Wildman–Crippen MR) is 81.2 cm³/mol. The Morgan fingerprint density at radius 3 is 2.82 bits per heavy atom. The quantitative estimate of drug-likeness (QED) is 0.914. The van der Waals surface area contributed by atoms with Gasteiger partial charge in [0.05, 0.1) is 17.8 Å². The average molecular weight is 298 g/mol. The van der Waals surface area contributed by atoms with Crippen molar-refractivity contribution in [3.8, 4) is 5.69 Å². The maximum atomic E-state index is 12.1. The molecule has 1 aliphatic heterocycles. The van der Waals surface area contributed by atoms with E-state index in [1.807, 2.05) is 36.5 Å². The second-order valence-electron chi connectivity index (χ2n) is 5.52. The van der Waals surface area contributed by atoms with Crippen molar-refractivity contribution in [3.05, 3.63) is 48.3 Å². The molecule has 0 saturated carbocycles. The van der Waals surface area contributed by atoms with Crippen molar-refractivity contribution in [2.45, 2.75) is 13.0 Å². The van der Waals surface area contributed by atoms with E-state index in [1.54, 1.807) is 22.8 Å². The first-order valence-corrected chi connectivity index (χ1v) is 7.24. The van der Waals surface area contributed by atoms with Crippen LogP contribution in [0, 0.1) is 5.92 Å². The molecule has 1 fully saturated rings. The van der Waals surface area contributed by atoms with Gasteiger partial charge in [-0.05, 0) is 12.1 Å². The highest BCUT2D eigenvalue weighted by molar-refractivity contribution is 5.89. The highest BCUT2D eigenvalue weighted by Gasteiger charge is 2.31. The van der Waals surface area contributed by atoms with Gasteiger partial charge in [0.1, 0.15) is 0 Å². The highest BCUT2D eigenvalue weighted by atomic mass is 16.2. The molecule has 2 heterocycles. The second-order valence-corrected chi connectivity index (χ2v) is 5.52. The van der Waals surface area contributed by atoms with Crippen LogP contribution in [-0.2, 0) is 16.1 Å². The Morgan fingerprint density at radius 1 is 1.36 bits per heavy atom. The molecule has 1 N–H and O–H groups in total. The van der Waals surface area contributed by atoms with Crippen LogP contribution in [0.15, 0.2) is 42.7 Å². The summed E-state index contributed by atoms with van der Waals surface area (Å²) in [4.78, 5) is 25.1. The molecule has 114 valence electrons. The number of carbonyl (C=O) groups is 2. The summed E-state index contributed by atoms with van der Waals surface area (Å²) in [5, 5.41) is 7.16. The van der Waals surface area contributed by atoms with E-state index in [4.69, 9.17) is 0 Å². The van der Waals surface area contributed by atoms with Crippen LogP contribution in [0.4, 0.5) is 0 Å². The number of carbonyl (C=O) groups excluding carboxylic acids is 2. The molecular formula is C16H18N4O2. The Labute approximate surface area is 128 Å². The third-order valence-corrected chi connectivity index (χ3v) is 3.84. The van der Waals surface area contributed by atoms with E-state index >= 15 is 0 Å². The average Bonchev–Trinajstić information content (AvgIpc) is 3.13. The number of amides is 2. The summed E-state index contributed by atoms with van der Waals surface area (Å²) >= 11 is 0. The van der Waals surface area contributed by atoms with E-state index in [1.165, 1.54) is 0 Å². The predicted octanol–water partition coefficient (Wildman–Crippen LogP) is 0.967. The van der Waals surface area contributed by atoms with Gasteiger partial charge in [0.25, 0.3) is 0 Å². The number of rotatable bonds is 4. The Bertz CT molecular complexity index is 680. The number of hydrogen-bond acceptors (Lipinski definition) is 3. The molecule has 0 radical (unpaired) electrons. The Hall–Kier alpha value is -2.63. The summed E-state index contributed by atoms with van der Waals surface area (Å²) in [6.45, 7) is 0.911. The van der Waals surface area contributed by atoms with Gasteiger partial charge in [0, 0.05) is 38.3 Å². The van der Waals surface area contributed by atoms with E-state index in [-0.39, 0.29) is 17.7 Å². The normalized spacial score (nSPS) is 17.8. The Morgan fingerprint density at radius 2 is 2.14 bits per heavy atom. The number of nitrogens with one attached hydrogen (secondary N) is 1. The van der Waals surface area contributed by atoms with Crippen molar-refractivity contribution >= 4 is 11.8 Å². The lowest BCUT2D eigenvalue weighted by Crippen LogP contribution is -2.31. The zero-order chi connectivity index (χ0) is 15.5. The topological polar surface area (TPSA) is 67.2 Å². The van der Waals surface area contributed by atoms with Crippen molar-refractivity contribution in [2.75, 3.05) is 13.6 Å². The molecule has 2 aromatic rings. The second kappa shape index (κ2) is 6.01. The first kappa shape index (κ1) is 14.3. The lowest BCUT2D eigenvalue weighted by atomic mass is 10.1. The molecule has 0 aliphatic carbocycles. The molecule has 0 spiro atoms. The van der Waals surface area contributed by atoms with Crippen LogP contribution < -0.4 is 5.32 Å². The number of hydrogen-bond donors (Lipinski definition) is 1. The lowest BCUT2D eigenvalue weighted by molar-refractivity contribution is -0.128. The van der Waals surface area contributed by atoms with Crippen molar-refractivity contribution in [1.82, 2.24) is 20.0 Å². The molecule has 0 unspecified atom stereocenters. The molecule has 0 bridgehead atoms. The number of para-hydroxylation sites is 1. The van der Waals surface area contributed by atoms with Crippen molar-refractivity contribution in [1.29, 1.82) is 0 Å². The van der Waals surface area contributed by atoms with Gasteiger partial charge in [-0.15, -0.1) is 0 Å². The smallest absolute Gasteiger partial charge is 0.225 e. The fraction of sp³-hybridized carbons (Fsp3) is 0.312. The number of likely N-dealkylation sites (tertiary alicyclic amines) is 1. The summed E-state index contributed by atoms with van der Waals surface area (Å²) in [5.74, 6) is -0.302. The molecule has 6 nitrogen and oxygen atoms in total. The van der Waals surface area contributed by atoms with E-state index in [0.29, 0.717) is 19.5 Å². The van der Waals surface area contributed by atoms with Crippen LogP contribution in [-0.4, -0.2) is 40.1 Å². The first-order chi connectivity index (χ1) is 10.6. The molecule has 1 atom stereocenters. The summed E-state index contributed by atoms with van der Waals surface area (Å²) in [6.07, 6.45) is 3.92. The molecule has 1 aliphatic rings. The fourth-order valence-electron chi connectivity index (χ4n) is 2.55. The number of benzene rings is 1. The van der Waals surface area contributed by atoms with Crippen LogP contribution in [0.25, 0.3) is 5.69 Å². The van der Waals surface area contributed by atoms with E-state index < -0.39 is 0 Å². The molecule has 22 heavy (non-hydrogen) atoms. The van der Waals surface area contributed by atoms with Gasteiger partial charge in [0.15, 0.2) is 0 Å². The number of aromatic nitrogens is 2. The van der Waals surface area contributed by atoms with Gasteiger partial charge in [-0.2, -0.15) is 5.10 Å². The maximum Gasteiger partial charge on any atom is 0.225 e. The maximum absolute atomic E-state index is 12.1. The molecule has 1 aromatic heterocycles. The highest BCUT2D eigenvalue weighted by Crippen LogP contribution is 2.16. The van der Waals surface area contributed by atoms with Crippen LogP contribution in [0.5, 0.6) is 0 Å². The summed E-state index contributed by atoms with van der Waals surface area (Å²) < 4.78 is 1.77. The molecule has 6 heteroatoms. The van der Waals surface area contributed by atoms with E-state index in [2.05, 4.69) is 10.4 Å². The van der Waals surface area contributed by atoms with Crippen molar-refractivity contribution < 1.29 is 9.59 Å². The van der Waals surface area contributed by atoms with Crippen molar-refractivity contribution in [2.24, 2.45) is 5.92 Å². The third kappa shape index (κ3) is 3.00. The molecular weight excluding hydrogens is 280 g/mol. The minimum absolute atomic E-state index is 0.0250. The SMILES string of the molecule is CN1C[C@@H](C(=O)NCc2cnn(-c3ccccc3)c2)CC1=O. The van der Waals surface area contributed by atoms with E-state index in [0.717, 1.165) is 11.3 Å².